The highest BCUT2D eigenvalue weighted by Crippen LogP contribution is 2.38. The number of H-pyrrole nitrogens is 1. The number of benzene rings is 1. The van der Waals surface area contributed by atoms with Crippen LogP contribution >= 0.6 is 0 Å². The Morgan fingerprint density at radius 3 is 2.72 bits per heavy atom. The van der Waals surface area contributed by atoms with E-state index in [0.717, 1.165) is 17.2 Å². The van der Waals surface area contributed by atoms with Gasteiger partial charge in [-0.3, -0.25) is 5.10 Å². The third-order valence-corrected chi connectivity index (χ3v) is 4.19. The molecule has 92 valence electrons. The standard InChI is InChI=1S/C14H16N4/c1-2-4-9(5-3-1)13-16-14(18-17-13)11-8-10-6-7-12(11)15-10/h1-5,10-12,15H,6-8H2,(H,16,17,18). The van der Waals surface area contributed by atoms with Gasteiger partial charge in [-0.2, -0.15) is 5.10 Å². The zero-order valence-corrected chi connectivity index (χ0v) is 10.1. The first kappa shape index (κ1) is 10.3. The monoisotopic (exact) mass is 240 g/mol. The lowest BCUT2D eigenvalue weighted by molar-refractivity contribution is 0.488. The van der Waals surface area contributed by atoms with Crippen LogP contribution in [0.2, 0.25) is 0 Å². The smallest absolute Gasteiger partial charge is 0.181 e. The minimum atomic E-state index is 0.522. The van der Waals surface area contributed by atoms with Crippen molar-refractivity contribution in [3.05, 3.63) is 36.2 Å². The summed E-state index contributed by atoms with van der Waals surface area (Å²) in [5, 5.41) is 11.1. The maximum atomic E-state index is 4.67. The van der Waals surface area contributed by atoms with Crippen molar-refractivity contribution in [3.8, 4) is 11.4 Å². The van der Waals surface area contributed by atoms with Crippen LogP contribution < -0.4 is 5.32 Å². The first-order valence-electron chi connectivity index (χ1n) is 6.64. The van der Waals surface area contributed by atoms with Gasteiger partial charge >= 0.3 is 0 Å². The van der Waals surface area contributed by atoms with Crippen LogP contribution in [0.4, 0.5) is 0 Å². The molecule has 0 amide bonds. The van der Waals surface area contributed by atoms with Crippen molar-refractivity contribution in [1.82, 2.24) is 20.5 Å². The van der Waals surface area contributed by atoms with Crippen molar-refractivity contribution >= 4 is 0 Å². The Balaban J connectivity index is 1.63. The Morgan fingerprint density at radius 2 is 2.00 bits per heavy atom. The third kappa shape index (κ3) is 1.56. The molecule has 0 saturated carbocycles. The number of hydrogen-bond donors (Lipinski definition) is 2. The number of nitrogens with one attached hydrogen (secondary N) is 2. The lowest BCUT2D eigenvalue weighted by Gasteiger charge is -2.16. The van der Waals surface area contributed by atoms with Gasteiger partial charge in [0, 0.05) is 23.6 Å². The van der Waals surface area contributed by atoms with Gasteiger partial charge in [0.15, 0.2) is 5.82 Å². The second-order valence-electron chi connectivity index (χ2n) is 5.30. The van der Waals surface area contributed by atoms with Crippen LogP contribution in [0.25, 0.3) is 11.4 Å². The topological polar surface area (TPSA) is 53.6 Å². The van der Waals surface area contributed by atoms with Gasteiger partial charge in [-0.25, -0.2) is 4.98 Å². The Labute approximate surface area is 106 Å². The van der Waals surface area contributed by atoms with E-state index < -0.39 is 0 Å². The third-order valence-electron chi connectivity index (χ3n) is 4.19. The van der Waals surface area contributed by atoms with E-state index >= 15 is 0 Å². The molecule has 3 heterocycles. The molecule has 1 aromatic heterocycles. The van der Waals surface area contributed by atoms with E-state index in [9.17, 15) is 0 Å². The molecule has 3 unspecified atom stereocenters. The molecule has 18 heavy (non-hydrogen) atoms. The van der Waals surface area contributed by atoms with Gasteiger partial charge in [-0.15, -0.1) is 0 Å². The van der Waals surface area contributed by atoms with Crippen LogP contribution in [0, 0.1) is 0 Å². The second-order valence-corrected chi connectivity index (χ2v) is 5.30. The molecule has 2 fully saturated rings. The summed E-state index contributed by atoms with van der Waals surface area (Å²) in [6.07, 6.45) is 3.80. The normalized spacial score (nSPS) is 29.9. The van der Waals surface area contributed by atoms with Crippen LogP contribution in [0.5, 0.6) is 0 Å². The number of aromatic amines is 1. The predicted molar refractivity (Wildman–Crippen MR) is 69.1 cm³/mol. The highest BCUT2D eigenvalue weighted by atomic mass is 15.2. The maximum Gasteiger partial charge on any atom is 0.181 e. The Hall–Kier alpha value is -1.68. The molecule has 0 radical (unpaired) electrons. The lowest BCUT2D eigenvalue weighted by Crippen LogP contribution is -2.22. The fraction of sp³-hybridized carbons (Fsp3) is 0.429. The van der Waals surface area contributed by atoms with E-state index in [1.807, 2.05) is 30.3 Å². The van der Waals surface area contributed by atoms with Crippen LogP contribution in [0.1, 0.15) is 31.0 Å². The molecule has 4 nitrogen and oxygen atoms in total. The number of nitrogens with zero attached hydrogens (tertiary/aromatic N) is 2. The Morgan fingerprint density at radius 1 is 1.11 bits per heavy atom. The molecule has 2 aliphatic rings. The zero-order chi connectivity index (χ0) is 11.9. The van der Waals surface area contributed by atoms with Crippen molar-refractivity contribution in [2.24, 2.45) is 0 Å². The quantitative estimate of drug-likeness (QED) is 0.845. The first-order valence-corrected chi connectivity index (χ1v) is 6.64. The highest BCUT2D eigenvalue weighted by molar-refractivity contribution is 5.54. The van der Waals surface area contributed by atoms with E-state index in [4.69, 9.17) is 0 Å². The highest BCUT2D eigenvalue weighted by Gasteiger charge is 2.41. The molecular formula is C14H16N4. The molecule has 2 bridgehead atoms. The molecule has 0 spiro atoms. The summed E-state index contributed by atoms with van der Waals surface area (Å²) in [4.78, 5) is 4.67. The van der Waals surface area contributed by atoms with Crippen LogP contribution in [-0.4, -0.2) is 27.3 Å². The Kier molecular flexibility index (Phi) is 2.23. The molecule has 2 aliphatic heterocycles. The fourth-order valence-electron chi connectivity index (χ4n) is 3.28. The molecule has 1 aromatic carbocycles. The number of hydrogen-bond acceptors (Lipinski definition) is 3. The minimum absolute atomic E-state index is 0.522. The number of rotatable bonds is 2. The summed E-state index contributed by atoms with van der Waals surface area (Å²) in [7, 11) is 0. The maximum absolute atomic E-state index is 4.67. The lowest BCUT2D eigenvalue weighted by atomic mass is 9.89. The van der Waals surface area contributed by atoms with E-state index in [2.05, 4.69) is 20.5 Å². The molecule has 3 atom stereocenters. The van der Waals surface area contributed by atoms with Crippen molar-refractivity contribution < 1.29 is 0 Å². The van der Waals surface area contributed by atoms with E-state index in [0.29, 0.717) is 18.0 Å². The van der Waals surface area contributed by atoms with Gasteiger partial charge < -0.3 is 5.32 Å². The van der Waals surface area contributed by atoms with Crippen molar-refractivity contribution in [1.29, 1.82) is 0 Å². The largest absolute Gasteiger partial charge is 0.310 e. The second kappa shape index (κ2) is 3.92. The van der Waals surface area contributed by atoms with Gasteiger partial charge in [0.25, 0.3) is 0 Å². The zero-order valence-electron chi connectivity index (χ0n) is 10.1. The molecule has 2 N–H and O–H groups in total. The van der Waals surface area contributed by atoms with Crippen LogP contribution in [-0.2, 0) is 0 Å². The van der Waals surface area contributed by atoms with Gasteiger partial charge in [0.05, 0.1) is 0 Å². The van der Waals surface area contributed by atoms with Gasteiger partial charge in [0.2, 0.25) is 0 Å². The summed E-state index contributed by atoms with van der Waals surface area (Å²) >= 11 is 0. The first-order chi connectivity index (χ1) is 8.90. The Bertz CT molecular complexity index is 548. The SMILES string of the molecule is c1ccc(-c2n[nH]c(C3CC4CCC3N4)n2)cc1. The molecule has 4 heteroatoms. The molecular weight excluding hydrogens is 224 g/mol. The van der Waals surface area contributed by atoms with Crippen molar-refractivity contribution in [2.75, 3.05) is 0 Å². The van der Waals surface area contributed by atoms with Crippen molar-refractivity contribution in [2.45, 2.75) is 37.3 Å². The predicted octanol–water partition coefficient (Wildman–Crippen LogP) is 2.08. The summed E-state index contributed by atoms with van der Waals surface area (Å²) in [6, 6.07) is 11.4. The number of fused-ring (bicyclic) bond motifs is 2. The van der Waals surface area contributed by atoms with E-state index in [1.54, 1.807) is 0 Å². The van der Waals surface area contributed by atoms with Crippen LogP contribution in [0.15, 0.2) is 30.3 Å². The van der Waals surface area contributed by atoms with E-state index in [-0.39, 0.29) is 0 Å². The number of aromatic nitrogens is 3. The summed E-state index contributed by atoms with van der Waals surface area (Å²) in [5.74, 6) is 2.38. The van der Waals surface area contributed by atoms with Gasteiger partial charge in [0.1, 0.15) is 5.82 Å². The van der Waals surface area contributed by atoms with Crippen LogP contribution in [0.3, 0.4) is 0 Å². The molecule has 2 saturated heterocycles. The average Bonchev–Trinajstić information content (AvgIpc) is 3.15. The van der Waals surface area contributed by atoms with E-state index in [1.165, 1.54) is 19.3 Å². The summed E-state index contributed by atoms with van der Waals surface area (Å²) in [6.45, 7) is 0. The van der Waals surface area contributed by atoms with Gasteiger partial charge in [-0.05, 0) is 19.3 Å². The van der Waals surface area contributed by atoms with Crippen molar-refractivity contribution in [3.63, 3.8) is 0 Å². The summed E-state index contributed by atoms with van der Waals surface area (Å²) in [5.41, 5.74) is 1.08. The summed E-state index contributed by atoms with van der Waals surface area (Å²) < 4.78 is 0. The average molecular weight is 240 g/mol. The molecule has 4 rings (SSSR count). The fourth-order valence-corrected chi connectivity index (χ4v) is 3.28. The molecule has 0 aliphatic carbocycles. The minimum Gasteiger partial charge on any atom is -0.310 e. The van der Waals surface area contributed by atoms with Gasteiger partial charge in [-0.1, -0.05) is 30.3 Å². The molecule has 2 aromatic rings.